The Morgan fingerprint density at radius 3 is 2.62 bits per heavy atom. The second-order valence-electron chi connectivity index (χ2n) is 6.10. The fourth-order valence-electron chi connectivity index (χ4n) is 2.64. The minimum absolute atomic E-state index is 0.0580. The van der Waals surface area contributed by atoms with Crippen LogP contribution in [0.15, 0.2) is 47.6 Å². The fourth-order valence-corrected chi connectivity index (χ4v) is 2.91. The molecule has 0 aliphatic heterocycles. The summed E-state index contributed by atoms with van der Waals surface area (Å²) in [7, 11) is 5.57. The number of rotatable bonds is 7. The van der Waals surface area contributed by atoms with E-state index >= 15 is 0 Å². The number of hydrogen-bond acceptors (Lipinski definition) is 2. The zero-order valence-corrected chi connectivity index (χ0v) is 16.3. The average Bonchev–Trinajstić information content (AvgIpc) is 2.93. The van der Waals surface area contributed by atoms with Crippen molar-refractivity contribution in [2.75, 3.05) is 27.2 Å². The van der Waals surface area contributed by atoms with Gasteiger partial charge < -0.3 is 20.1 Å². The van der Waals surface area contributed by atoms with E-state index in [1.54, 1.807) is 7.05 Å². The molecule has 0 fully saturated rings. The van der Waals surface area contributed by atoms with Crippen molar-refractivity contribution in [3.8, 4) is 0 Å². The summed E-state index contributed by atoms with van der Waals surface area (Å²) in [4.78, 5) is 18.2. The molecule has 2 aromatic rings. The number of hydrogen-bond donors (Lipinski definition) is 2. The summed E-state index contributed by atoms with van der Waals surface area (Å²) in [6, 6.07) is 12.0. The molecule has 0 unspecified atom stereocenters. The van der Waals surface area contributed by atoms with Crippen LogP contribution in [-0.4, -0.2) is 48.5 Å². The molecule has 0 radical (unpaired) electrons. The third-order valence-electron chi connectivity index (χ3n) is 4.03. The van der Waals surface area contributed by atoms with Crippen LogP contribution in [0.2, 0.25) is 5.02 Å². The Balaban J connectivity index is 1.75. The van der Waals surface area contributed by atoms with Crippen molar-refractivity contribution in [2.24, 2.45) is 12.0 Å². The van der Waals surface area contributed by atoms with Crippen LogP contribution in [0, 0.1) is 0 Å². The highest BCUT2D eigenvalue weighted by Gasteiger charge is 2.11. The van der Waals surface area contributed by atoms with Gasteiger partial charge in [-0.1, -0.05) is 41.9 Å². The molecule has 1 heterocycles. The summed E-state index contributed by atoms with van der Waals surface area (Å²) >= 11 is 6.02. The second kappa shape index (κ2) is 9.87. The Labute approximate surface area is 159 Å². The predicted molar refractivity (Wildman–Crippen MR) is 106 cm³/mol. The maximum absolute atomic E-state index is 12.0. The van der Waals surface area contributed by atoms with Gasteiger partial charge in [0.25, 0.3) is 0 Å². The number of aliphatic imine (C=N–C) groups is 1. The minimum Gasteiger partial charge on any atom is -0.354 e. The highest BCUT2D eigenvalue weighted by Crippen LogP contribution is 2.14. The van der Waals surface area contributed by atoms with Gasteiger partial charge in [0.05, 0.1) is 18.1 Å². The van der Waals surface area contributed by atoms with Gasteiger partial charge in [0, 0.05) is 39.6 Å². The molecule has 1 aromatic carbocycles. The molecule has 140 valence electrons. The van der Waals surface area contributed by atoms with Crippen LogP contribution >= 0.6 is 11.6 Å². The molecule has 0 atom stereocenters. The first-order valence-corrected chi connectivity index (χ1v) is 8.90. The number of carbonyl (C=O) groups excluding carboxylic acids is 1. The molecule has 0 aliphatic rings. The number of guanidine groups is 1. The molecule has 0 aliphatic carbocycles. The van der Waals surface area contributed by atoms with E-state index in [4.69, 9.17) is 11.6 Å². The predicted octanol–water partition coefficient (Wildman–Crippen LogP) is 2.04. The van der Waals surface area contributed by atoms with Crippen LogP contribution < -0.4 is 10.6 Å². The number of amides is 1. The lowest BCUT2D eigenvalue weighted by Crippen LogP contribution is -2.44. The van der Waals surface area contributed by atoms with Crippen molar-refractivity contribution in [3.05, 3.63) is 58.9 Å². The Morgan fingerprint density at radius 1 is 1.27 bits per heavy atom. The molecule has 1 aromatic heterocycles. The maximum Gasteiger partial charge on any atom is 0.239 e. The number of aryl methyl sites for hydroxylation is 1. The zero-order chi connectivity index (χ0) is 18.9. The molecular weight excluding hydrogens is 350 g/mol. The van der Waals surface area contributed by atoms with Crippen molar-refractivity contribution < 1.29 is 4.79 Å². The standard InChI is InChI=1S/C19H26ClN5O/c1-21-19(25(3)14-17-11-16(20)13-24(17)2)23-12-18(26)22-10-9-15-7-5-4-6-8-15/h4-8,11,13H,9-10,12,14H2,1-3H3,(H,21,23)(H,22,26). The minimum atomic E-state index is -0.0580. The van der Waals surface area contributed by atoms with Gasteiger partial charge in [0.1, 0.15) is 0 Å². The van der Waals surface area contributed by atoms with E-state index in [0.29, 0.717) is 24.1 Å². The third kappa shape index (κ3) is 6.11. The van der Waals surface area contributed by atoms with Crippen LogP contribution in [0.4, 0.5) is 0 Å². The van der Waals surface area contributed by atoms with Gasteiger partial charge in [0.15, 0.2) is 5.96 Å². The van der Waals surface area contributed by atoms with Crippen molar-refractivity contribution in [1.82, 2.24) is 20.1 Å². The topological polar surface area (TPSA) is 61.7 Å². The number of aromatic nitrogens is 1. The van der Waals surface area contributed by atoms with Gasteiger partial charge in [-0.3, -0.25) is 9.79 Å². The molecule has 0 bridgehead atoms. The molecule has 7 heteroatoms. The molecule has 0 spiro atoms. The van der Waals surface area contributed by atoms with Crippen LogP contribution in [0.25, 0.3) is 0 Å². The SMILES string of the molecule is CN=C(NCC(=O)NCCc1ccccc1)N(C)Cc1cc(Cl)cn1C. The Kier molecular flexibility index (Phi) is 7.53. The van der Waals surface area contributed by atoms with Gasteiger partial charge in [-0.15, -0.1) is 0 Å². The van der Waals surface area contributed by atoms with Crippen molar-refractivity contribution in [1.29, 1.82) is 0 Å². The number of carbonyl (C=O) groups is 1. The van der Waals surface area contributed by atoms with E-state index in [1.807, 2.05) is 54.0 Å². The van der Waals surface area contributed by atoms with Gasteiger partial charge in [0.2, 0.25) is 5.91 Å². The van der Waals surface area contributed by atoms with Crippen LogP contribution in [0.5, 0.6) is 0 Å². The van der Waals surface area contributed by atoms with Gasteiger partial charge in [-0.05, 0) is 18.1 Å². The first-order chi connectivity index (χ1) is 12.5. The first kappa shape index (κ1) is 19.8. The number of benzene rings is 1. The first-order valence-electron chi connectivity index (χ1n) is 8.52. The smallest absolute Gasteiger partial charge is 0.239 e. The quantitative estimate of drug-likeness (QED) is 0.575. The normalized spacial score (nSPS) is 11.3. The molecule has 0 saturated carbocycles. The molecule has 2 rings (SSSR count). The summed E-state index contributed by atoms with van der Waals surface area (Å²) in [5.74, 6) is 0.595. The van der Waals surface area contributed by atoms with E-state index < -0.39 is 0 Å². The average molecular weight is 376 g/mol. The number of nitrogens with one attached hydrogen (secondary N) is 2. The van der Waals surface area contributed by atoms with Crippen LogP contribution in [-0.2, 0) is 24.8 Å². The molecule has 1 amide bonds. The maximum atomic E-state index is 12.0. The van der Waals surface area contributed by atoms with E-state index in [1.165, 1.54) is 5.56 Å². The van der Waals surface area contributed by atoms with E-state index in [0.717, 1.165) is 12.1 Å². The van der Waals surface area contributed by atoms with Gasteiger partial charge >= 0.3 is 0 Å². The van der Waals surface area contributed by atoms with E-state index in [-0.39, 0.29) is 12.5 Å². The van der Waals surface area contributed by atoms with Gasteiger partial charge in [-0.25, -0.2) is 0 Å². The Bertz CT molecular complexity index is 742. The van der Waals surface area contributed by atoms with Crippen molar-refractivity contribution in [3.63, 3.8) is 0 Å². The van der Waals surface area contributed by atoms with Gasteiger partial charge in [-0.2, -0.15) is 0 Å². The third-order valence-corrected chi connectivity index (χ3v) is 4.24. The molecule has 26 heavy (non-hydrogen) atoms. The van der Waals surface area contributed by atoms with Crippen molar-refractivity contribution in [2.45, 2.75) is 13.0 Å². The molecule has 6 nitrogen and oxygen atoms in total. The fraction of sp³-hybridized carbons (Fsp3) is 0.368. The summed E-state index contributed by atoms with van der Waals surface area (Å²) < 4.78 is 1.97. The number of nitrogens with zero attached hydrogens (tertiary/aromatic N) is 3. The zero-order valence-electron chi connectivity index (χ0n) is 15.5. The Morgan fingerprint density at radius 2 is 2.00 bits per heavy atom. The van der Waals surface area contributed by atoms with Crippen LogP contribution in [0.3, 0.4) is 0 Å². The lowest BCUT2D eigenvalue weighted by Gasteiger charge is -2.22. The lowest BCUT2D eigenvalue weighted by molar-refractivity contribution is -0.120. The van der Waals surface area contributed by atoms with E-state index in [9.17, 15) is 4.79 Å². The summed E-state index contributed by atoms with van der Waals surface area (Å²) in [6.07, 6.45) is 2.68. The highest BCUT2D eigenvalue weighted by molar-refractivity contribution is 6.30. The Hall–Kier alpha value is -2.47. The second-order valence-corrected chi connectivity index (χ2v) is 6.54. The molecule has 0 saturated heterocycles. The monoisotopic (exact) mass is 375 g/mol. The lowest BCUT2D eigenvalue weighted by atomic mass is 10.1. The summed E-state index contributed by atoms with van der Waals surface area (Å²) in [5.41, 5.74) is 2.27. The number of halogens is 1. The summed E-state index contributed by atoms with van der Waals surface area (Å²) in [6.45, 7) is 1.43. The summed E-state index contributed by atoms with van der Waals surface area (Å²) in [5, 5.41) is 6.71. The molecular formula is C19H26ClN5O. The highest BCUT2D eigenvalue weighted by atomic mass is 35.5. The van der Waals surface area contributed by atoms with E-state index in [2.05, 4.69) is 27.8 Å². The van der Waals surface area contributed by atoms with Crippen LogP contribution in [0.1, 0.15) is 11.3 Å². The molecule has 2 N–H and O–H groups in total. The van der Waals surface area contributed by atoms with Crippen molar-refractivity contribution >= 4 is 23.5 Å². The largest absolute Gasteiger partial charge is 0.354 e.